The van der Waals surface area contributed by atoms with Crippen molar-refractivity contribution in [3.63, 3.8) is 0 Å². The number of aryl methyl sites for hydroxylation is 2. The lowest BCUT2D eigenvalue weighted by atomic mass is 10.1. The molecule has 6 nitrogen and oxygen atoms in total. The summed E-state index contributed by atoms with van der Waals surface area (Å²) in [5.74, 6) is 0.663. The number of aliphatic hydroxyl groups is 1. The van der Waals surface area contributed by atoms with E-state index in [4.69, 9.17) is 9.29 Å². The second kappa shape index (κ2) is 6.53. The largest absolute Gasteiger partial charge is 0.491 e. The maximum Gasteiger partial charge on any atom is 0.335 e. The number of nitrogens with zero attached hydrogens (tertiary/aromatic N) is 1. The second-order valence-corrected chi connectivity index (χ2v) is 6.45. The first-order chi connectivity index (χ1) is 9.11. The molecule has 1 atom stereocenters. The summed E-state index contributed by atoms with van der Waals surface area (Å²) in [5.41, 5.74) is 3.11. The highest BCUT2D eigenvalue weighted by atomic mass is 32.2. The zero-order valence-corrected chi connectivity index (χ0v) is 12.9. The SMILES string of the molecule is Cc1cc(C)c(C)c(OCC(O)CN(C)S(=O)(=O)O)c1. The molecule has 0 spiro atoms. The van der Waals surface area contributed by atoms with Crippen LogP contribution in [0.1, 0.15) is 16.7 Å². The van der Waals surface area contributed by atoms with Crippen molar-refractivity contribution < 1.29 is 22.8 Å². The molecule has 0 radical (unpaired) electrons. The molecule has 1 rings (SSSR count). The predicted octanol–water partition coefficient (Wildman–Crippen LogP) is 1.09. The summed E-state index contributed by atoms with van der Waals surface area (Å²) in [7, 11) is -3.10. The Morgan fingerprint density at radius 2 is 1.90 bits per heavy atom. The summed E-state index contributed by atoms with van der Waals surface area (Å²) in [6, 6.07) is 3.90. The second-order valence-electron chi connectivity index (χ2n) is 4.93. The van der Waals surface area contributed by atoms with Crippen LogP contribution in [0.25, 0.3) is 0 Å². The van der Waals surface area contributed by atoms with Gasteiger partial charge in [0.15, 0.2) is 0 Å². The Morgan fingerprint density at radius 3 is 2.45 bits per heavy atom. The molecule has 1 aromatic carbocycles. The van der Waals surface area contributed by atoms with Crippen LogP contribution in [0, 0.1) is 20.8 Å². The fourth-order valence-electron chi connectivity index (χ4n) is 1.78. The third-order valence-electron chi connectivity index (χ3n) is 3.06. The van der Waals surface area contributed by atoms with Gasteiger partial charge in [-0.1, -0.05) is 6.07 Å². The minimum atomic E-state index is -4.28. The van der Waals surface area contributed by atoms with Gasteiger partial charge in [-0.2, -0.15) is 12.7 Å². The molecular formula is C13H21NO5S. The van der Waals surface area contributed by atoms with Gasteiger partial charge in [0.05, 0.1) is 0 Å². The Balaban J connectivity index is 2.64. The maximum atomic E-state index is 10.8. The minimum absolute atomic E-state index is 0.0520. The van der Waals surface area contributed by atoms with E-state index in [1.165, 1.54) is 7.05 Å². The topological polar surface area (TPSA) is 87.1 Å². The number of ether oxygens (including phenoxy) is 1. The van der Waals surface area contributed by atoms with E-state index < -0.39 is 16.4 Å². The van der Waals surface area contributed by atoms with E-state index in [0.717, 1.165) is 16.7 Å². The van der Waals surface area contributed by atoms with Crippen molar-refractivity contribution in [2.24, 2.45) is 0 Å². The Morgan fingerprint density at radius 1 is 1.30 bits per heavy atom. The monoisotopic (exact) mass is 303 g/mol. The number of rotatable bonds is 6. The highest BCUT2D eigenvalue weighted by Crippen LogP contribution is 2.23. The molecule has 0 aliphatic rings. The Kier molecular flexibility index (Phi) is 5.52. The summed E-state index contributed by atoms with van der Waals surface area (Å²) in [6.07, 6.45) is -1.03. The lowest BCUT2D eigenvalue weighted by molar-refractivity contribution is 0.0914. The molecule has 1 unspecified atom stereocenters. The molecule has 0 bridgehead atoms. The van der Waals surface area contributed by atoms with E-state index in [9.17, 15) is 13.5 Å². The van der Waals surface area contributed by atoms with Crippen molar-refractivity contribution in [2.45, 2.75) is 26.9 Å². The first kappa shape index (κ1) is 16.9. The third kappa shape index (κ3) is 4.75. The molecule has 0 heterocycles. The summed E-state index contributed by atoms with van der Waals surface area (Å²) in [6.45, 7) is 5.55. The van der Waals surface area contributed by atoms with Gasteiger partial charge in [0.2, 0.25) is 0 Å². The zero-order chi connectivity index (χ0) is 15.5. The number of hydrogen-bond acceptors (Lipinski definition) is 4. The molecule has 0 amide bonds. The Hall–Kier alpha value is -1.15. The Bertz CT molecular complexity index is 570. The van der Waals surface area contributed by atoms with Gasteiger partial charge in [0.1, 0.15) is 18.5 Å². The normalized spacial score (nSPS) is 13.6. The highest BCUT2D eigenvalue weighted by Gasteiger charge is 2.18. The quantitative estimate of drug-likeness (QED) is 0.768. The molecular weight excluding hydrogens is 282 g/mol. The molecule has 0 saturated carbocycles. The van der Waals surface area contributed by atoms with Crippen LogP contribution in [0.15, 0.2) is 12.1 Å². The first-order valence-corrected chi connectivity index (χ1v) is 7.58. The van der Waals surface area contributed by atoms with Crippen molar-refractivity contribution in [3.05, 3.63) is 28.8 Å². The van der Waals surface area contributed by atoms with Gasteiger partial charge in [-0.25, -0.2) is 0 Å². The number of likely N-dealkylation sites (N-methyl/N-ethyl adjacent to an activating group) is 1. The molecule has 0 aliphatic heterocycles. The first-order valence-electron chi connectivity index (χ1n) is 6.18. The van der Waals surface area contributed by atoms with Gasteiger partial charge in [0, 0.05) is 13.6 Å². The maximum absolute atomic E-state index is 10.8. The van der Waals surface area contributed by atoms with Crippen molar-refractivity contribution in [1.82, 2.24) is 4.31 Å². The van der Waals surface area contributed by atoms with E-state index in [2.05, 4.69) is 0 Å². The van der Waals surface area contributed by atoms with Crippen LogP contribution in [0.4, 0.5) is 0 Å². The van der Waals surface area contributed by atoms with E-state index in [0.29, 0.717) is 10.1 Å². The summed E-state index contributed by atoms with van der Waals surface area (Å²) < 4.78 is 36.6. The van der Waals surface area contributed by atoms with Crippen LogP contribution < -0.4 is 4.74 Å². The van der Waals surface area contributed by atoms with E-state index in [-0.39, 0.29) is 13.2 Å². The number of aliphatic hydroxyl groups excluding tert-OH is 1. The van der Waals surface area contributed by atoms with Gasteiger partial charge in [-0.3, -0.25) is 4.55 Å². The Labute approximate surface area is 119 Å². The van der Waals surface area contributed by atoms with Crippen molar-refractivity contribution in [2.75, 3.05) is 20.2 Å². The van der Waals surface area contributed by atoms with Gasteiger partial charge in [0.25, 0.3) is 0 Å². The molecule has 0 fully saturated rings. The van der Waals surface area contributed by atoms with Crippen LogP contribution in [0.5, 0.6) is 5.75 Å². The predicted molar refractivity (Wildman–Crippen MR) is 76.3 cm³/mol. The molecule has 114 valence electrons. The smallest absolute Gasteiger partial charge is 0.335 e. The van der Waals surface area contributed by atoms with Crippen LogP contribution in [0.2, 0.25) is 0 Å². The van der Waals surface area contributed by atoms with Crippen LogP contribution >= 0.6 is 0 Å². The lowest BCUT2D eigenvalue weighted by Gasteiger charge is -2.19. The van der Waals surface area contributed by atoms with Crippen molar-refractivity contribution in [1.29, 1.82) is 0 Å². The molecule has 1 aromatic rings. The molecule has 20 heavy (non-hydrogen) atoms. The molecule has 0 aromatic heterocycles. The van der Waals surface area contributed by atoms with Gasteiger partial charge >= 0.3 is 10.3 Å². The summed E-state index contributed by atoms with van der Waals surface area (Å²) in [4.78, 5) is 0. The zero-order valence-electron chi connectivity index (χ0n) is 12.1. The average Bonchev–Trinajstić information content (AvgIpc) is 2.30. The van der Waals surface area contributed by atoms with E-state index in [1.807, 2.05) is 32.9 Å². The fourth-order valence-corrected chi connectivity index (χ4v) is 2.14. The average molecular weight is 303 g/mol. The minimum Gasteiger partial charge on any atom is -0.491 e. The van der Waals surface area contributed by atoms with E-state index >= 15 is 0 Å². The van der Waals surface area contributed by atoms with Gasteiger partial charge in [-0.15, -0.1) is 0 Å². The van der Waals surface area contributed by atoms with E-state index in [1.54, 1.807) is 0 Å². The van der Waals surface area contributed by atoms with Crippen molar-refractivity contribution in [3.8, 4) is 5.75 Å². The summed E-state index contributed by atoms with van der Waals surface area (Å²) >= 11 is 0. The number of benzene rings is 1. The molecule has 2 N–H and O–H groups in total. The van der Waals surface area contributed by atoms with Crippen LogP contribution in [-0.4, -0.2) is 48.7 Å². The van der Waals surface area contributed by atoms with Gasteiger partial charge < -0.3 is 9.84 Å². The molecule has 0 aliphatic carbocycles. The van der Waals surface area contributed by atoms with Crippen LogP contribution in [-0.2, 0) is 10.3 Å². The number of hydrogen-bond donors (Lipinski definition) is 2. The fraction of sp³-hybridized carbons (Fsp3) is 0.538. The standard InChI is InChI=1S/C13H21NO5S/c1-9-5-10(2)11(3)13(6-9)19-8-12(15)7-14(4)20(16,17)18/h5-6,12,15H,7-8H2,1-4H3,(H,16,17,18). The third-order valence-corrected chi connectivity index (χ3v) is 3.99. The molecule has 0 saturated heterocycles. The molecule has 7 heteroatoms. The van der Waals surface area contributed by atoms with Crippen LogP contribution in [0.3, 0.4) is 0 Å². The van der Waals surface area contributed by atoms with Crippen molar-refractivity contribution >= 4 is 10.3 Å². The van der Waals surface area contributed by atoms with Gasteiger partial charge in [-0.05, 0) is 43.5 Å². The highest BCUT2D eigenvalue weighted by molar-refractivity contribution is 7.83. The summed E-state index contributed by atoms with van der Waals surface area (Å²) in [5, 5.41) is 9.73. The lowest BCUT2D eigenvalue weighted by Crippen LogP contribution is -2.36.